The van der Waals surface area contributed by atoms with Crippen LogP contribution in [0, 0.1) is 0 Å². The Hall–Kier alpha value is -1.92. The van der Waals surface area contributed by atoms with Crippen molar-refractivity contribution in [2.75, 3.05) is 18.1 Å². The van der Waals surface area contributed by atoms with Gasteiger partial charge in [-0.15, -0.1) is 0 Å². The highest BCUT2D eigenvalue weighted by molar-refractivity contribution is 6.00. The first-order valence-electron chi connectivity index (χ1n) is 4.48. The summed E-state index contributed by atoms with van der Waals surface area (Å²) < 4.78 is 29.6. The van der Waals surface area contributed by atoms with Crippen molar-refractivity contribution in [3.05, 3.63) is 17.3 Å². The lowest BCUT2D eigenvalue weighted by Crippen LogP contribution is -2.14. The Kier molecular flexibility index (Phi) is 3.60. The van der Waals surface area contributed by atoms with Gasteiger partial charge in [-0.2, -0.15) is 0 Å². The smallest absolute Gasteiger partial charge is 0.344 e. The molecule has 0 saturated heterocycles. The largest absolute Gasteiger partial charge is 0.462 e. The minimum atomic E-state index is -2.82. The first-order chi connectivity index (χ1) is 7.49. The highest BCUT2D eigenvalue weighted by atomic mass is 19.3. The summed E-state index contributed by atoms with van der Waals surface area (Å²) in [7, 11) is 0. The standard InChI is InChI=1S/C9H11F2N3O2/c1-2-16-9(15)5-6(12)4(7(10)11)3-14-8(5)13/h3,7H,2H2,1H3,(H4,12,13,14). The number of nitrogens with two attached hydrogens (primary N) is 2. The third-order valence-electron chi connectivity index (χ3n) is 1.89. The minimum absolute atomic E-state index is 0.0939. The molecule has 0 fully saturated rings. The van der Waals surface area contributed by atoms with Gasteiger partial charge in [0.25, 0.3) is 6.43 Å². The Morgan fingerprint density at radius 2 is 2.19 bits per heavy atom. The fourth-order valence-corrected chi connectivity index (χ4v) is 1.15. The molecule has 0 atom stereocenters. The van der Waals surface area contributed by atoms with Crippen LogP contribution in [0.15, 0.2) is 6.20 Å². The maximum atomic E-state index is 12.5. The molecule has 0 aromatic carbocycles. The summed E-state index contributed by atoms with van der Waals surface area (Å²) in [6.45, 7) is 1.67. The summed E-state index contributed by atoms with van der Waals surface area (Å²) in [6.07, 6.45) is -1.97. The second-order valence-corrected chi connectivity index (χ2v) is 2.91. The number of rotatable bonds is 3. The van der Waals surface area contributed by atoms with Crippen LogP contribution in [-0.2, 0) is 4.74 Å². The van der Waals surface area contributed by atoms with Gasteiger partial charge in [0.15, 0.2) is 0 Å². The van der Waals surface area contributed by atoms with Crippen molar-refractivity contribution in [3.8, 4) is 0 Å². The van der Waals surface area contributed by atoms with E-state index >= 15 is 0 Å². The summed E-state index contributed by atoms with van der Waals surface area (Å²) in [5, 5.41) is 0. The highest BCUT2D eigenvalue weighted by Crippen LogP contribution is 2.29. The molecule has 0 saturated carbocycles. The molecule has 5 nitrogen and oxygen atoms in total. The number of aromatic nitrogens is 1. The number of hydrogen-bond donors (Lipinski definition) is 2. The van der Waals surface area contributed by atoms with Gasteiger partial charge in [-0.3, -0.25) is 0 Å². The van der Waals surface area contributed by atoms with Crippen molar-refractivity contribution in [3.63, 3.8) is 0 Å². The molecule has 0 radical (unpaired) electrons. The van der Waals surface area contributed by atoms with Crippen molar-refractivity contribution in [1.29, 1.82) is 0 Å². The van der Waals surface area contributed by atoms with Crippen LogP contribution < -0.4 is 11.5 Å². The number of nitrogens with zero attached hydrogens (tertiary/aromatic N) is 1. The van der Waals surface area contributed by atoms with Gasteiger partial charge < -0.3 is 16.2 Å². The molecule has 7 heteroatoms. The molecule has 16 heavy (non-hydrogen) atoms. The van der Waals surface area contributed by atoms with Crippen molar-refractivity contribution in [2.45, 2.75) is 13.3 Å². The summed E-state index contributed by atoms with van der Waals surface area (Å²) in [4.78, 5) is 14.9. The van der Waals surface area contributed by atoms with Crippen molar-refractivity contribution < 1.29 is 18.3 Å². The Morgan fingerprint density at radius 1 is 1.56 bits per heavy atom. The number of nitrogen functional groups attached to an aromatic ring is 2. The SMILES string of the molecule is CCOC(=O)c1c(N)ncc(C(F)F)c1N. The normalized spacial score (nSPS) is 10.5. The topological polar surface area (TPSA) is 91.2 Å². The van der Waals surface area contributed by atoms with Crippen molar-refractivity contribution >= 4 is 17.5 Å². The van der Waals surface area contributed by atoms with E-state index in [-0.39, 0.29) is 23.7 Å². The predicted octanol–water partition coefficient (Wildman–Crippen LogP) is 1.36. The molecular weight excluding hydrogens is 220 g/mol. The Bertz CT molecular complexity index is 410. The Morgan fingerprint density at radius 3 is 2.69 bits per heavy atom. The lowest BCUT2D eigenvalue weighted by Gasteiger charge is -2.11. The minimum Gasteiger partial charge on any atom is -0.462 e. The molecule has 1 aromatic heterocycles. The number of carbonyl (C=O) groups is 1. The first-order valence-corrected chi connectivity index (χ1v) is 4.48. The predicted molar refractivity (Wildman–Crippen MR) is 54.0 cm³/mol. The van der Waals surface area contributed by atoms with E-state index in [1.165, 1.54) is 0 Å². The van der Waals surface area contributed by atoms with E-state index in [0.717, 1.165) is 6.20 Å². The average molecular weight is 231 g/mol. The molecule has 1 rings (SSSR count). The molecule has 0 unspecified atom stereocenters. The molecule has 1 heterocycles. The third-order valence-corrected chi connectivity index (χ3v) is 1.89. The van der Waals surface area contributed by atoms with E-state index in [1.807, 2.05) is 0 Å². The zero-order valence-corrected chi connectivity index (χ0v) is 8.54. The molecule has 0 aliphatic heterocycles. The number of ether oxygens (including phenoxy) is 1. The van der Waals surface area contributed by atoms with E-state index in [2.05, 4.69) is 9.72 Å². The molecule has 0 amide bonds. The van der Waals surface area contributed by atoms with Crippen molar-refractivity contribution in [1.82, 2.24) is 4.98 Å². The van der Waals surface area contributed by atoms with Crippen LogP contribution in [0.4, 0.5) is 20.3 Å². The molecule has 0 aliphatic rings. The number of alkyl halides is 2. The second-order valence-electron chi connectivity index (χ2n) is 2.91. The van der Waals surface area contributed by atoms with Gasteiger partial charge in [-0.05, 0) is 6.92 Å². The third kappa shape index (κ3) is 2.18. The summed E-state index contributed by atoms with van der Waals surface area (Å²) in [5.74, 6) is -1.08. The van der Waals surface area contributed by atoms with E-state index in [9.17, 15) is 13.6 Å². The average Bonchev–Trinajstić information content (AvgIpc) is 2.17. The lowest BCUT2D eigenvalue weighted by molar-refractivity contribution is 0.0528. The van der Waals surface area contributed by atoms with Gasteiger partial charge in [-0.1, -0.05) is 0 Å². The van der Waals surface area contributed by atoms with E-state index < -0.39 is 18.0 Å². The van der Waals surface area contributed by atoms with Crippen LogP contribution in [-0.4, -0.2) is 17.6 Å². The maximum Gasteiger partial charge on any atom is 0.344 e. The molecule has 0 aliphatic carbocycles. The quantitative estimate of drug-likeness (QED) is 0.766. The van der Waals surface area contributed by atoms with E-state index in [1.54, 1.807) is 6.92 Å². The summed E-state index contributed by atoms with van der Waals surface area (Å²) >= 11 is 0. The molecule has 1 aromatic rings. The Labute approximate surface area is 90.4 Å². The molecule has 0 bridgehead atoms. The number of esters is 1. The van der Waals surface area contributed by atoms with Gasteiger partial charge in [0, 0.05) is 6.20 Å². The Balaban J connectivity index is 3.26. The number of hydrogen-bond acceptors (Lipinski definition) is 5. The molecule has 4 N–H and O–H groups in total. The van der Waals surface area contributed by atoms with Gasteiger partial charge in [0.2, 0.25) is 0 Å². The van der Waals surface area contributed by atoms with Crippen LogP contribution in [0.2, 0.25) is 0 Å². The van der Waals surface area contributed by atoms with Gasteiger partial charge in [0.05, 0.1) is 17.9 Å². The monoisotopic (exact) mass is 231 g/mol. The second kappa shape index (κ2) is 4.73. The number of carbonyl (C=O) groups excluding carboxylic acids is 1. The first kappa shape index (κ1) is 12.2. The van der Waals surface area contributed by atoms with Crippen LogP contribution in [0.3, 0.4) is 0 Å². The van der Waals surface area contributed by atoms with Gasteiger partial charge >= 0.3 is 5.97 Å². The van der Waals surface area contributed by atoms with Crippen molar-refractivity contribution in [2.24, 2.45) is 0 Å². The van der Waals surface area contributed by atoms with E-state index in [0.29, 0.717) is 0 Å². The van der Waals surface area contributed by atoms with Crippen LogP contribution in [0.25, 0.3) is 0 Å². The van der Waals surface area contributed by atoms with Gasteiger partial charge in [0.1, 0.15) is 11.4 Å². The lowest BCUT2D eigenvalue weighted by atomic mass is 10.1. The number of anilines is 2. The van der Waals surface area contributed by atoms with Crippen LogP contribution in [0.5, 0.6) is 0 Å². The number of halogens is 2. The van der Waals surface area contributed by atoms with Crippen LogP contribution >= 0.6 is 0 Å². The summed E-state index contributed by atoms with van der Waals surface area (Å²) in [6, 6.07) is 0. The zero-order chi connectivity index (χ0) is 12.3. The van der Waals surface area contributed by atoms with Crippen LogP contribution in [0.1, 0.15) is 29.3 Å². The zero-order valence-electron chi connectivity index (χ0n) is 8.54. The van der Waals surface area contributed by atoms with Gasteiger partial charge in [-0.25, -0.2) is 18.6 Å². The summed E-state index contributed by atoms with van der Waals surface area (Å²) in [5.41, 5.74) is 9.58. The molecule has 88 valence electrons. The van der Waals surface area contributed by atoms with E-state index in [4.69, 9.17) is 11.5 Å². The fraction of sp³-hybridized carbons (Fsp3) is 0.333. The maximum absolute atomic E-state index is 12.5. The number of pyridine rings is 1. The highest BCUT2D eigenvalue weighted by Gasteiger charge is 2.22. The fourth-order valence-electron chi connectivity index (χ4n) is 1.15. The molecular formula is C9H11F2N3O2. The molecule has 0 spiro atoms.